The third kappa shape index (κ3) is 4.18. The molecule has 1 aromatic carbocycles. The summed E-state index contributed by atoms with van der Waals surface area (Å²) in [6, 6.07) is 12.4. The van der Waals surface area contributed by atoms with Crippen molar-refractivity contribution in [3.63, 3.8) is 0 Å². The predicted molar refractivity (Wildman–Crippen MR) is 98.8 cm³/mol. The summed E-state index contributed by atoms with van der Waals surface area (Å²) in [6.07, 6.45) is -3.00. The van der Waals surface area contributed by atoms with Gasteiger partial charge in [0.05, 0.1) is 0 Å². The van der Waals surface area contributed by atoms with Crippen LogP contribution in [0.2, 0.25) is 0 Å². The number of benzene rings is 1. The summed E-state index contributed by atoms with van der Waals surface area (Å²) < 4.78 is 46.7. The summed E-state index contributed by atoms with van der Waals surface area (Å²) in [7, 11) is 0. The topological polar surface area (TPSA) is 60.2 Å². The van der Waals surface area contributed by atoms with Gasteiger partial charge in [0, 0.05) is 25.8 Å². The fourth-order valence-electron chi connectivity index (χ4n) is 3.56. The van der Waals surface area contributed by atoms with E-state index in [1.807, 2.05) is 30.3 Å². The fourth-order valence-corrected chi connectivity index (χ4v) is 3.56. The van der Waals surface area contributed by atoms with Crippen molar-refractivity contribution in [1.29, 1.82) is 0 Å². The zero-order valence-corrected chi connectivity index (χ0v) is 15.5. The number of pyridine rings is 1. The average molecular weight is 404 g/mol. The predicted octanol–water partition coefficient (Wildman–Crippen LogP) is 4.11. The van der Waals surface area contributed by atoms with E-state index in [1.54, 1.807) is 6.07 Å². The van der Waals surface area contributed by atoms with E-state index in [1.165, 1.54) is 17.2 Å². The van der Waals surface area contributed by atoms with Gasteiger partial charge in [0.2, 0.25) is 5.82 Å². The first-order valence-electron chi connectivity index (χ1n) is 9.26. The molecule has 2 aromatic heterocycles. The number of nitrogens with zero attached hydrogens (tertiary/aromatic N) is 4. The van der Waals surface area contributed by atoms with E-state index in [9.17, 15) is 18.0 Å². The minimum absolute atomic E-state index is 0.0881. The van der Waals surface area contributed by atoms with Crippen LogP contribution in [0.5, 0.6) is 0 Å². The summed E-state index contributed by atoms with van der Waals surface area (Å²) >= 11 is 0. The molecule has 1 saturated heterocycles. The van der Waals surface area contributed by atoms with Crippen molar-refractivity contribution in [2.24, 2.45) is 5.92 Å². The number of rotatable bonds is 4. The lowest BCUT2D eigenvalue weighted by molar-refractivity contribution is -0.147. The molecule has 6 nitrogen and oxygen atoms in total. The molecule has 1 fully saturated rings. The number of ether oxygens (including phenoxy) is 1. The zero-order valence-electron chi connectivity index (χ0n) is 15.5. The van der Waals surface area contributed by atoms with Crippen LogP contribution in [-0.2, 0) is 24.1 Å². The molecule has 9 heteroatoms. The molecule has 0 N–H and O–H groups in total. The lowest BCUT2D eigenvalue weighted by Crippen LogP contribution is -2.30. The molecule has 3 aromatic rings. The van der Waals surface area contributed by atoms with Gasteiger partial charge in [-0.05, 0) is 30.0 Å². The van der Waals surface area contributed by atoms with Crippen LogP contribution >= 0.6 is 0 Å². The Balaban J connectivity index is 1.43. The van der Waals surface area contributed by atoms with Crippen LogP contribution in [-0.4, -0.2) is 38.6 Å². The smallest absolute Gasteiger partial charge is 0.445 e. The number of carbonyl (C=O) groups excluding carboxylic acids is 1. The van der Waals surface area contributed by atoms with Crippen LogP contribution in [0.15, 0.2) is 48.7 Å². The number of hydrogen-bond donors (Lipinski definition) is 0. The first-order chi connectivity index (χ1) is 13.9. The van der Waals surface area contributed by atoms with E-state index in [-0.39, 0.29) is 30.2 Å². The number of hydrogen-bond acceptors (Lipinski definition) is 4. The number of carbonyl (C=O) groups is 1. The van der Waals surface area contributed by atoms with Crippen LogP contribution in [0.25, 0.3) is 11.2 Å². The quantitative estimate of drug-likeness (QED) is 0.657. The monoisotopic (exact) mass is 404 g/mol. The van der Waals surface area contributed by atoms with Gasteiger partial charge in [-0.25, -0.2) is 14.8 Å². The van der Waals surface area contributed by atoms with E-state index < -0.39 is 18.1 Å². The lowest BCUT2D eigenvalue weighted by atomic mass is 10.1. The van der Waals surface area contributed by atoms with Crippen LogP contribution in [0.4, 0.5) is 18.0 Å². The standard InChI is InChI=1S/C20H19F3N4O2/c21-20(22,23)18-25-16-7-4-9-24-17(16)27(18)12-15-8-10-26(11-15)19(28)29-13-14-5-2-1-3-6-14/h1-7,9,15H,8,10-13H2. The maximum atomic E-state index is 13.4. The summed E-state index contributed by atoms with van der Waals surface area (Å²) in [5.74, 6) is -1.10. The van der Waals surface area contributed by atoms with E-state index in [2.05, 4.69) is 9.97 Å². The highest BCUT2D eigenvalue weighted by Crippen LogP contribution is 2.32. The van der Waals surface area contributed by atoms with Gasteiger partial charge in [-0.2, -0.15) is 13.2 Å². The Bertz CT molecular complexity index is 1000. The van der Waals surface area contributed by atoms with E-state index >= 15 is 0 Å². The molecule has 3 heterocycles. The SMILES string of the molecule is O=C(OCc1ccccc1)N1CCC(Cn2c(C(F)(F)F)nc3cccnc32)C1. The van der Waals surface area contributed by atoms with Crippen molar-refractivity contribution < 1.29 is 22.7 Å². The fraction of sp³-hybridized carbons (Fsp3) is 0.350. The molecule has 1 aliphatic heterocycles. The van der Waals surface area contributed by atoms with E-state index in [0.29, 0.717) is 19.5 Å². The van der Waals surface area contributed by atoms with Crippen molar-refractivity contribution >= 4 is 17.3 Å². The van der Waals surface area contributed by atoms with Gasteiger partial charge < -0.3 is 14.2 Å². The Morgan fingerprint density at radius 1 is 1.17 bits per heavy atom. The van der Waals surface area contributed by atoms with Crippen molar-refractivity contribution in [3.05, 3.63) is 60.0 Å². The largest absolute Gasteiger partial charge is 0.449 e. The summed E-state index contributed by atoms with van der Waals surface area (Å²) in [5, 5.41) is 0. The minimum atomic E-state index is -4.58. The van der Waals surface area contributed by atoms with Crippen LogP contribution < -0.4 is 0 Å². The molecule has 1 amide bonds. The second-order valence-corrected chi connectivity index (χ2v) is 7.03. The Labute approximate surface area is 164 Å². The number of likely N-dealkylation sites (tertiary alicyclic amines) is 1. The van der Waals surface area contributed by atoms with Gasteiger partial charge in [-0.15, -0.1) is 0 Å². The van der Waals surface area contributed by atoms with Crippen molar-refractivity contribution in [2.45, 2.75) is 25.7 Å². The normalized spacial score (nSPS) is 17.1. The second kappa shape index (κ2) is 7.73. The van der Waals surface area contributed by atoms with Gasteiger partial charge in [0.1, 0.15) is 12.1 Å². The molecule has 0 spiro atoms. The van der Waals surface area contributed by atoms with Crippen LogP contribution in [0.3, 0.4) is 0 Å². The number of alkyl halides is 3. The number of imidazole rings is 1. The molecule has 0 bridgehead atoms. The molecule has 0 saturated carbocycles. The van der Waals surface area contributed by atoms with E-state index in [0.717, 1.165) is 10.1 Å². The average Bonchev–Trinajstić information content (AvgIpc) is 3.32. The van der Waals surface area contributed by atoms with Crippen molar-refractivity contribution in [2.75, 3.05) is 13.1 Å². The number of halogens is 3. The Kier molecular flexibility index (Phi) is 5.12. The summed E-state index contributed by atoms with van der Waals surface area (Å²) in [5.41, 5.74) is 1.28. The molecule has 0 aliphatic carbocycles. The van der Waals surface area contributed by atoms with Crippen LogP contribution in [0, 0.1) is 5.92 Å². The number of aromatic nitrogens is 3. The molecule has 29 heavy (non-hydrogen) atoms. The highest BCUT2D eigenvalue weighted by atomic mass is 19.4. The van der Waals surface area contributed by atoms with Crippen molar-refractivity contribution in [1.82, 2.24) is 19.4 Å². The van der Waals surface area contributed by atoms with Crippen LogP contribution in [0.1, 0.15) is 17.8 Å². The van der Waals surface area contributed by atoms with Gasteiger partial charge >= 0.3 is 12.3 Å². The highest BCUT2D eigenvalue weighted by Gasteiger charge is 2.39. The van der Waals surface area contributed by atoms with Crippen molar-refractivity contribution in [3.8, 4) is 0 Å². The van der Waals surface area contributed by atoms with Gasteiger partial charge in [0.15, 0.2) is 5.65 Å². The molecule has 0 radical (unpaired) electrons. The molecule has 1 atom stereocenters. The maximum absolute atomic E-state index is 13.4. The maximum Gasteiger partial charge on any atom is 0.449 e. The highest BCUT2D eigenvalue weighted by molar-refractivity contribution is 5.71. The molecule has 4 rings (SSSR count). The Morgan fingerprint density at radius 2 is 1.97 bits per heavy atom. The van der Waals surface area contributed by atoms with E-state index in [4.69, 9.17) is 4.74 Å². The Hall–Kier alpha value is -3.10. The lowest BCUT2D eigenvalue weighted by Gasteiger charge is -2.18. The third-order valence-corrected chi connectivity index (χ3v) is 4.95. The third-order valence-electron chi connectivity index (χ3n) is 4.95. The summed E-state index contributed by atoms with van der Waals surface area (Å²) in [6.45, 7) is 1.02. The molecule has 1 unspecified atom stereocenters. The number of fused-ring (bicyclic) bond motifs is 1. The Morgan fingerprint density at radius 3 is 2.72 bits per heavy atom. The molecule has 1 aliphatic rings. The zero-order chi connectivity index (χ0) is 20.4. The first kappa shape index (κ1) is 19.2. The second-order valence-electron chi connectivity index (χ2n) is 7.03. The molecule has 152 valence electrons. The molecular formula is C20H19F3N4O2. The first-order valence-corrected chi connectivity index (χ1v) is 9.26. The summed E-state index contributed by atoms with van der Waals surface area (Å²) in [4.78, 5) is 21.6. The van der Waals surface area contributed by atoms with Gasteiger partial charge in [0.25, 0.3) is 0 Å². The van der Waals surface area contributed by atoms with Gasteiger partial charge in [-0.1, -0.05) is 30.3 Å². The minimum Gasteiger partial charge on any atom is -0.445 e. The van der Waals surface area contributed by atoms with Gasteiger partial charge in [-0.3, -0.25) is 0 Å². The number of amides is 1. The molecular weight excluding hydrogens is 385 g/mol.